The minimum Gasteiger partial charge on any atom is -0.453 e. The van der Waals surface area contributed by atoms with Crippen LogP contribution >= 0.6 is 0 Å². The lowest BCUT2D eigenvalue weighted by Crippen LogP contribution is -2.35. The number of nitrogens with one attached hydrogen (secondary N) is 1. The van der Waals surface area contributed by atoms with Crippen molar-refractivity contribution in [3.8, 4) is 17.6 Å². The lowest BCUT2D eigenvalue weighted by Gasteiger charge is -2.15. The number of carbonyl (C=O) groups is 1. The molecule has 0 aliphatic carbocycles. The van der Waals surface area contributed by atoms with Crippen molar-refractivity contribution in [1.82, 2.24) is 20.1 Å². The molecule has 0 spiro atoms. The van der Waals surface area contributed by atoms with Crippen molar-refractivity contribution < 1.29 is 13.9 Å². The van der Waals surface area contributed by atoms with Crippen LogP contribution in [0, 0.1) is 25.2 Å². The first-order valence-corrected chi connectivity index (χ1v) is 9.39. The summed E-state index contributed by atoms with van der Waals surface area (Å²) in [5.41, 5.74) is 1.46. The number of ether oxygens (including phenoxy) is 1. The number of hydrogen-bond donors (Lipinski definition) is 1. The number of pyridine rings is 1. The maximum atomic E-state index is 14.7. The number of aromatic nitrogens is 3. The fourth-order valence-corrected chi connectivity index (χ4v) is 3.03. The van der Waals surface area contributed by atoms with Gasteiger partial charge in [0.1, 0.15) is 18.0 Å². The van der Waals surface area contributed by atoms with Gasteiger partial charge in [0.05, 0.1) is 24.5 Å². The van der Waals surface area contributed by atoms with E-state index in [9.17, 15) is 14.0 Å². The number of hydrogen-bond acceptors (Lipinski definition) is 6. The van der Waals surface area contributed by atoms with Crippen LogP contribution in [0.15, 0.2) is 47.7 Å². The van der Waals surface area contributed by atoms with E-state index < -0.39 is 17.6 Å². The minimum atomic E-state index is -1.45. The normalized spacial score (nSPS) is 11.5. The number of aryl methyl sites for hydroxylation is 3. The van der Waals surface area contributed by atoms with Gasteiger partial charge in [-0.3, -0.25) is 14.6 Å². The highest BCUT2D eigenvalue weighted by Gasteiger charge is 2.22. The van der Waals surface area contributed by atoms with Crippen molar-refractivity contribution >= 4 is 5.91 Å². The third-order valence-corrected chi connectivity index (χ3v) is 4.60. The lowest BCUT2D eigenvalue weighted by molar-refractivity contribution is 0.0936. The molecule has 0 aliphatic heterocycles. The molecule has 9 heteroatoms. The highest BCUT2D eigenvalue weighted by atomic mass is 19.1. The lowest BCUT2D eigenvalue weighted by atomic mass is 10.0. The molecule has 0 saturated carbocycles. The predicted molar refractivity (Wildman–Crippen MR) is 111 cm³/mol. The van der Waals surface area contributed by atoms with Crippen molar-refractivity contribution in [2.45, 2.75) is 20.0 Å². The van der Waals surface area contributed by atoms with Crippen LogP contribution in [0.1, 0.15) is 38.8 Å². The zero-order valence-electron chi connectivity index (χ0n) is 17.2. The van der Waals surface area contributed by atoms with Gasteiger partial charge in [-0.25, -0.2) is 9.07 Å². The molecule has 0 bridgehead atoms. The Morgan fingerprint density at radius 3 is 2.77 bits per heavy atom. The standard InChI is InChI=1S/C22H20FN5O3/c1-13-4-5-17(14(2)6-13)18(23)11-26-21(29)20-19(12-27-28(3)22(20)30)31-16-7-15(8-24)9-25-10-16/h4-7,9-10,12,18H,11H2,1-3H3,(H,26,29)/t18-/m0/s1. The van der Waals surface area contributed by atoms with Gasteiger partial charge in [-0.1, -0.05) is 23.8 Å². The molecule has 3 aromatic rings. The molecule has 8 nitrogen and oxygen atoms in total. The highest BCUT2D eigenvalue weighted by Crippen LogP contribution is 2.24. The number of rotatable bonds is 6. The Balaban J connectivity index is 1.83. The molecule has 1 N–H and O–H groups in total. The number of amides is 1. The van der Waals surface area contributed by atoms with Crippen LogP contribution in [0.2, 0.25) is 0 Å². The first-order valence-electron chi connectivity index (χ1n) is 9.39. The summed E-state index contributed by atoms with van der Waals surface area (Å²) in [6.07, 6.45) is 2.43. The molecule has 2 aromatic heterocycles. The zero-order valence-corrected chi connectivity index (χ0v) is 17.2. The third kappa shape index (κ3) is 4.93. The number of halogens is 1. The summed E-state index contributed by atoms with van der Waals surface area (Å²) in [5, 5.41) is 15.3. The van der Waals surface area contributed by atoms with E-state index in [-0.39, 0.29) is 29.2 Å². The van der Waals surface area contributed by atoms with Crippen molar-refractivity contribution in [3.05, 3.63) is 81.0 Å². The summed E-state index contributed by atoms with van der Waals surface area (Å²) < 4.78 is 21.3. The zero-order chi connectivity index (χ0) is 22.5. The first kappa shape index (κ1) is 21.6. The Bertz CT molecular complexity index is 1230. The molecule has 2 heterocycles. The maximum absolute atomic E-state index is 14.7. The van der Waals surface area contributed by atoms with Crippen LogP contribution in [0.3, 0.4) is 0 Å². The Kier molecular flexibility index (Phi) is 6.40. The molecule has 0 radical (unpaired) electrons. The van der Waals surface area contributed by atoms with Gasteiger partial charge < -0.3 is 10.1 Å². The summed E-state index contributed by atoms with van der Waals surface area (Å²) in [6, 6.07) is 8.66. The summed E-state index contributed by atoms with van der Waals surface area (Å²) in [6.45, 7) is 3.39. The molecular formula is C22H20FN5O3. The van der Waals surface area contributed by atoms with Gasteiger partial charge in [-0.05, 0) is 25.0 Å². The van der Waals surface area contributed by atoms with Crippen molar-refractivity contribution in [1.29, 1.82) is 5.26 Å². The second-order valence-corrected chi connectivity index (χ2v) is 6.97. The van der Waals surface area contributed by atoms with Gasteiger partial charge in [-0.2, -0.15) is 10.4 Å². The SMILES string of the molecule is Cc1ccc([C@@H](F)CNC(=O)c2c(Oc3cncc(C#N)c3)cnn(C)c2=O)c(C)c1. The second-order valence-electron chi connectivity index (χ2n) is 6.97. The average molecular weight is 421 g/mol. The van der Waals surface area contributed by atoms with Gasteiger partial charge >= 0.3 is 0 Å². The van der Waals surface area contributed by atoms with Crippen molar-refractivity contribution in [3.63, 3.8) is 0 Å². The van der Waals surface area contributed by atoms with Crippen LogP contribution in [0.4, 0.5) is 4.39 Å². The van der Waals surface area contributed by atoms with Crippen LogP contribution in [0.5, 0.6) is 11.5 Å². The van der Waals surface area contributed by atoms with Crippen LogP contribution in [-0.2, 0) is 7.05 Å². The third-order valence-electron chi connectivity index (χ3n) is 4.60. The van der Waals surface area contributed by atoms with Gasteiger partial charge in [-0.15, -0.1) is 0 Å². The maximum Gasteiger partial charge on any atom is 0.283 e. The van der Waals surface area contributed by atoms with E-state index in [0.29, 0.717) is 5.56 Å². The Morgan fingerprint density at radius 2 is 2.06 bits per heavy atom. The first-order chi connectivity index (χ1) is 14.8. The molecule has 31 heavy (non-hydrogen) atoms. The molecule has 1 aromatic carbocycles. The monoisotopic (exact) mass is 421 g/mol. The van der Waals surface area contributed by atoms with E-state index in [0.717, 1.165) is 15.8 Å². The fourth-order valence-electron chi connectivity index (χ4n) is 3.03. The molecule has 0 saturated heterocycles. The van der Waals surface area contributed by atoms with Crippen LogP contribution < -0.4 is 15.6 Å². The Labute approximate surface area is 177 Å². The number of nitrogens with zero attached hydrogens (tertiary/aromatic N) is 4. The quantitative estimate of drug-likeness (QED) is 0.655. The second kappa shape index (κ2) is 9.17. The topological polar surface area (TPSA) is 110 Å². The molecule has 1 amide bonds. The Morgan fingerprint density at radius 1 is 1.29 bits per heavy atom. The number of nitriles is 1. The summed E-state index contributed by atoms with van der Waals surface area (Å²) in [5.74, 6) is -0.768. The average Bonchev–Trinajstić information content (AvgIpc) is 2.74. The van der Waals surface area contributed by atoms with E-state index in [1.165, 1.54) is 31.7 Å². The van der Waals surface area contributed by atoms with E-state index in [4.69, 9.17) is 10.00 Å². The smallest absolute Gasteiger partial charge is 0.283 e. The van der Waals surface area contributed by atoms with Crippen LogP contribution in [-0.4, -0.2) is 27.2 Å². The van der Waals surface area contributed by atoms with E-state index in [1.54, 1.807) is 19.1 Å². The number of alkyl halides is 1. The van der Waals surface area contributed by atoms with Crippen molar-refractivity contribution in [2.75, 3.05) is 6.54 Å². The van der Waals surface area contributed by atoms with E-state index in [1.807, 2.05) is 19.1 Å². The van der Waals surface area contributed by atoms with Gasteiger partial charge in [0.25, 0.3) is 11.5 Å². The summed E-state index contributed by atoms with van der Waals surface area (Å²) >= 11 is 0. The molecule has 158 valence electrons. The van der Waals surface area contributed by atoms with Gasteiger partial charge in [0.2, 0.25) is 0 Å². The molecule has 0 aliphatic rings. The highest BCUT2D eigenvalue weighted by molar-refractivity contribution is 5.96. The molecular weight excluding hydrogens is 401 g/mol. The van der Waals surface area contributed by atoms with Gasteiger partial charge in [0, 0.05) is 19.3 Å². The largest absolute Gasteiger partial charge is 0.453 e. The Hall–Kier alpha value is -4.06. The molecule has 0 unspecified atom stereocenters. The van der Waals surface area contributed by atoms with Crippen LogP contribution in [0.25, 0.3) is 0 Å². The van der Waals surface area contributed by atoms with Gasteiger partial charge in [0.15, 0.2) is 11.3 Å². The number of carbonyl (C=O) groups excluding carboxylic acids is 1. The molecule has 3 rings (SSSR count). The van der Waals surface area contributed by atoms with Crippen molar-refractivity contribution in [2.24, 2.45) is 7.05 Å². The van der Waals surface area contributed by atoms with E-state index in [2.05, 4.69) is 15.4 Å². The fraction of sp³-hybridized carbons (Fsp3) is 0.227. The summed E-state index contributed by atoms with van der Waals surface area (Å²) in [4.78, 5) is 29.2. The van der Waals surface area contributed by atoms with E-state index >= 15 is 0 Å². The summed E-state index contributed by atoms with van der Waals surface area (Å²) in [7, 11) is 1.38. The molecule has 0 fully saturated rings. The predicted octanol–water partition coefficient (Wildman–Crippen LogP) is 2.90. The minimum absolute atomic E-state index is 0.126. The molecule has 1 atom stereocenters. The number of benzene rings is 1.